The Hall–Kier alpha value is -2.54. The van der Waals surface area contributed by atoms with Gasteiger partial charge in [-0.3, -0.25) is 9.52 Å². The molecular weight excluding hydrogens is 328 g/mol. The highest BCUT2D eigenvalue weighted by molar-refractivity contribution is 7.92. The summed E-state index contributed by atoms with van der Waals surface area (Å²) >= 11 is 0. The van der Waals surface area contributed by atoms with E-state index in [0.717, 1.165) is 11.3 Å². The van der Waals surface area contributed by atoms with Gasteiger partial charge < -0.3 is 10.1 Å². The molecule has 24 heavy (non-hydrogen) atoms. The smallest absolute Gasteiger partial charge is 0.251 e. The van der Waals surface area contributed by atoms with Gasteiger partial charge in [0.1, 0.15) is 12.4 Å². The van der Waals surface area contributed by atoms with Crippen LogP contribution < -0.4 is 14.8 Å². The van der Waals surface area contributed by atoms with Crippen LogP contribution in [0.4, 0.5) is 5.69 Å². The Morgan fingerprint density at radius 1 is 1.17 bits per heavy atom. The van der Waals surface area contributed by atoms with Crippen molar-refractivity contribution < 1.29 is 17.9 Å². The number of para-hydroxylation sites is 1. The highest BCUT2D eigenvalue weighted by Gasteiger charge is 2.25. The van der Waals surface area contributed by atoms with Gasteiger partial charge in [-0.15, -0.1) is 0 Å². The summed E-state index contributed by atoms with van der Waals surface area (Å²) in [6.45, 7) is 1.96. The van der Waals surface area contributed by atoms with Crippen LogP contribution in [0.1, 0.15) is 28.9 Å². The Balaban J connectivity index is 1.68. The Kier molecular flexibility index (Phi) is 4.44. The largest absolute Gasteiger partial charge is 0.491 e. The summed E-state index contributed by atoms with van der Waals surface area (Å²) in [6, 6.07) is 13.7. The van der Waals surface area contributed by atoms with E-state index in [1.54, 1.807) is 31.2 Å². The van der Waals surface area contributed by atoms with Crippen molar-refractivity contribution in [1.82, 2.24) is 5.32 Å². The third-order valence-corrected chi connectivity index (χ3v) is 5.11. The molecule has 0 bridgehead atoms. The highest BCUT2D eigenvalue weighted by atomic mass is 32.2. The van der Waals surface area contributed by atoms with E-state index < -0.39 is 10.0 Å². The van der Waals surface area contributed by atoms with Crippen molar-refractivity contribution in [2.75, 3.05) is 17.1 Å². The minimum absolute atomic E-state index is 0.00364. The van der Waals surface area contributed by atoms with Crippen LogP contribution in [-0.4, -0.2) is 26.7 Å². The zero-order valence-corrected chi connectivity index (χ0v) is 14.0. The molecular formula is C17H18N2O4S. The van der Waals surface area contributed by atoms with Crippen molar-refractivity contribution in [2.45, 2.75) is 13.0 Å². The van der Waals surface area contributed by atoms with Crippen molar-refractivity contribution in [2.24, 2.45) is 0 Å². The van der Waals surface area contributed by atoms with Gasteiger partial charge in [0, 0.05) is 16.8 Å². The van der Waals surface area contributed by atoms with Crippen LogP contribution in [0.15, 0.2) is 48.5 Å². The Morgan fingerprint density at radius 2 is 1.88 bits per heavy atom. The topological polar surface area (TPSA) is 84.5 Å². The Labute approximate surface area is 140 Å². The van der Waals surface area contributed by atoms with E-state index in [-0.39, 0.29) is 17.7 Å². The molecule has 1 aliphatic rings. The second kappa shape index (κ2) is 6.52. The van der Waals surface area contributed by atoms with Crippen LogP contribution in [-0.2, 0) is 10.0 Å². The lowest BCUT2D eigenvalue weighted by atomic mass is 10.1. The standard InChI is InChI=1S/C17H18N2O4S/c1-2-24(21,22)19-13-9-7-12(8-10-13)17(20)18-15-11-23-16-6-4-3-5-14(15)16/h3-10,15,19H,2,11H2,1H3,(H,18,20). The number of fused-ring (bicyclic) bond motifs is 1. The molecule has 0 saturated carbocycles. The number of nitrogens with one attached hydrogen (secondary N) is 2. The molecule has 2 aromatic rings. The van der Waals surface area contributed by atoms with E-state index in [1.165, 1.54) is 0 Å². The van der Waals surface area contributed by atoms with Crippen LogP contribution in [0.2, 0.25) is 0 Å². The second-order valence-electron chi connectivity index (χ2n) is 5.46. The summed E-state index contributed by atoms with van der Waals surface area (Å²) in [7, 11) is -3.32. The monoisotopic (exact) mass is 346 g/mol. The summed E-state index contributed by atoms with van der Waals surface area (Å²) in [5.41, 5.74) is 1.85. The number of anilines is 1. The zero-order valence-electron chi connectivity index (χ0n) is 13.2. The highest BCUT2D eigenvalue weighted by Crippen LogP contribution is 2.31. The summed E-state index contributed by atoms with van der Waals surface area (Å²) in [4.78, 5) is 12.4. The van der Waals surface area contributed by atoms with Gasteiger partial charge in [0.25, 0.3) is 5.91 Å². The van der Waals surface area contributed by atoms with Gasteiger partial charge in [-0.2, -0.15) is 0 Å². The quantitative estimate of drug-likeness (QED) is 0.870. The van der Waals surface area contributed by atoms with Gasteiger partial charge in [0.15, 0.2) is 0 Å². The first kappa shape index (κ1) is 16.3. The number of sulfonamides is 1. The molecule has 0 aromatic heterocycles. The number of hydrogen-bond donors (Lipinski definition) is 2. The summed E-state index contributed by atoms with van der Waals surface area (Å²) in [5, 5.41) is 2.93. The van der Waals surface area contributed by atoms with Crippen molar-refractivity contribution in [3.8, 4) is 5.75 Å². The number of ether oxygens (including phenoxy) is 1. The number of carbonyl (C=O) groups excluding carboxylic acids is 1. The summed E-state index contributed by atoms with van der Waals surface area (Å²) in [6.07, 6.45) is 0. The van der Waals surface area contributed by atoms with E-state index in [4.69, 9.17) is 4.74 Å². The number of amides is 1. The predicted molar refractivity (Wildman–Crippen MR) is 91.7 cm³/mol. The molecule has 0 spiro atoms. The molecule has 1 aliphatic heterocycles. The minimum Gasteiger partial charge on any atom is -0.491 e. The van der Waals surface area contributed by atoms with Gasteiger partial charge in [-0.05, 0) is 37.3 Å². The van der Waals surface area contributed by atoms with Crippen LogP contribution in [0.3, 0.4) is 0 Å². The third-order valence-electron chi connectivity index (χ3n) is 3.81. The second-order valence-corrected chi connectivity index (χ2v) is 7.47. The maximum Gasteiger partial charge on any atom is 0.251 e. The van der Waals surface area contributed by atoms with Crippen LogP contribution in [0.25, 0.3) is 0 Å². The molecule has 1 amide bonds. The molecule has 2 aromatic carbocycles. The average Bonchev–Trinajstić information content (AvgIpc) is 2.98. The number of hydrogen-bond acceptors (Lipinski definition) is 4. The normalized spacial score (nSPS) is 16.1. The average molecular weight is 346 g/mol. The molecule has 1 atom stereocenters. The fraction of sp³-hybridized carbons (Fsp3) is 0.235. The lowest BCUT2D eigenvalue weighted by Crippen LogP contribution is -2.29. The molecule has 3 rings (SSSR count). The molecule has 2 N–H and O–H groups in total. The molecule has 126 valence electrons. The van der Waals surface area contributed by atoms with Crippen molar-refractivity contribution in [1.29, 1.82) is 0 Å². The first-order chi connectivity index (χ1) is 11.5. The fourth-order valence-electron chi connectivity index (χ4n) is 2.47. The summed E-state index contributed by atoms with van der Waals surface area (Å²) < 4.78 is 31.0. The molecule has 0 aliphatic carbocycles. The lowest BCUT2D eigenvalue weighted by Gasteiger charge is -2.12. The number of benzene rings is 2. The van der Waals surface area contributed by atoms with E-state index in [2.05, 4.69) is 10.0 Å². The van der Waals surface area contributed by atoms with Gasteiger partial charge in [0.05, 0.1) is 11.8 Å². The molecule has 0 fully saturated rings. The van der Waals surface area contributed by atoms with Gasteiger partial charge in [-0.25, -0.2) is 8.42 Å². The molecule has 6 nitrogen and oxygen atoms in total. The SMILES string of the molecule is CCS(=O)(=O)Nc1ccc(C(=O)NC2COc3ccccc32)cc1. The van der Waals surface area contributed by atoms with Gasteiger partial charge in [-0.1, -0.05) is 18.2 Å². The molecule has 0 saturated heterocycles. The minimum atomic E-state index is -3.32. The summed E-state index contributed by atoms with van der Waals surface area (Å²) in [5.74, 6) is 0.549. The van der Waals surface area contributed by atoms with Crippen LogP contribution >= 0.6 is 0 Å². The maximum atomic E-state index is 12.4. The molecule has 1 unspecified atom stereocenters. The van der Waals surface area contributed by atoms with Crippen LogP contribution in [0, 0.1) is 0 Å². The van der Waals surface area contributed by atoms with Crippen LogP contribution in [0.5, 0.6) is 5.75 Å². The molecule has 7 heteroatoms. The fourth-order valence-corrected chi connectivity index (χ4v) is 3.10. The number of rotatable bonds is 5. The molecule has 1 heterocycles. The number of carbonyl (C=O) groups is 1. The Bertz CT molecular complexity index is 847. The Morgan fingerprint density at radius 3 is 2.58 bits per heavy atom. The predicted octanol–water partition coefficient (Wildman–Crippen LogP) is 2.31. The van der Waals surface area contributed by atoms with Crippen molar-refractivity contribution in [3.05, 3.63) is 59.7 Å². The van der Waals surface area contributed by atoms with E-state index >= 15 is 0 Å². The first-order valence-electron chi connectivity index (χ1n) is 7.61. The maximum absolute atomic E-state index is 12.4. The third kappa shape index (κ3) is 3.51. The zero-order chi connectivity index (χ0) is 17.2. The van der Waals surface area contributed by atoms with Crippen molar-refractivity contribution in [3.63, 3.8) is 0 Å². The molecule has 0 radical (unpaired) electrons. The van der Waals surface area contributed by atoms with E-state index in [1.807, 2.05) is 24.3 Å². The first-order valence-corrected chi connectivity index (χ1v) is 9.27. The van der Waals surface area contributed by atoms with Gasteiger partial charge >= 0.3 is 0 Å². The van der Waals surface area contributed by atoms with E-state index in [9.17, 15) is 13.2 Å². The van der Waals surface area contributed by atoms with E-state index in [0.29, 0.717) is 17.9 Å². The van der Waals surface area contributed by atoms with Gasteiger partial charge in [0.2, 0.25) is 10.0 Å². The lowest BCUT2D eigenvalue weighted by molar-refractivity contribution is 0.0930. The van der Waals surface area contributed by atoms with Crippen molar-refractivity contribution >= 4 is 21.6 Å².